The molecule has 1 saturated heterocycles. The van der Waals surface area contributed by atoms with Gasteiger partial charge in [-0.3, -0.25) is 0 Å². The summed E-state index contributed by atoms with van der Waals surface area (Å²) in [5, 5.41) is 15.1. The molecular weight excluding hydrogens is 340 g/mol. The lowest BCUT2D eigenvalue weighted by molar-refractivity contribution is -0.119. The van der Waals surface area contributed by atoms with E-state index in [-0.39, 0.29) is 28.1 Å². The summed E-state index contributed by atoms with van der Waals surface area (Å²) in [5.41, 5.74) is 6.67. The van der Waals surface area contributed by atoms with Crippen LogP contribution in [0.2, 0.25) is 0 Å². The number of rotatable bonds is 3. The van der Waals surface area contributed by atoms with Crippen LogP contribution in [0.5, 0.6) is 0 Å². The van der Waals surface area contributed by atoms with Gasteiger partial charge in [-0.1, -0.05) is 19.0 Å². The van der Waals surface area contributed by atoms with Crippen LogP contribution in [0.25, 0.3) is 0 Å². The minimum absolute atomic E-state index is 0.0602. The molecule has 0 unspecified atom stereocenters. The van der Waals surface area contributed by atoms with E-state index in [9.17, 15) is 5.11 Å². The third kappa shape index (κ3) is 2.09. The van der Waals surface area contributed by atoms with Crippen molar-refractivity contribution in [3.8, 4) is 0 Å². The molecular formula is C22H36N2O3. The highest BCUT2D eigenvalue weighted by molar-refractivity contribution is 5.97. The largest absolute Gasteiger partial charge is 0.394 e. The van der Waals surface area contributed by atoms with Crippen molar-refractivity contribution in [3.05, 3.63) is 0 Å². The van der Waals surface area contributed by atoms with Gasteiger partial charge in [-0.25, -0.2) is 0 Å². The minimum Gasteiger partial charge on any atom is -0.394 e. The van der Waals surface area contributed by atoms with Crippen molar-refractivity contribution in [1.29, 1.82) is 0 Å². The van der Waals surface area contributed by atoms with Crippen LogP contribution in [0.15, 0.2) is 5.16 Å². The molecule has 0 bridgehead atoms. The summed E-state index contributed by atoms with van der Waals surface area (Å²) < 4.78 is 6.62. The lowest BCUT2D eigenvalue weighted by Gasteiger charge is -2.59. The fourth-order valence-corrected chi connectivity index (χ4v) is 8.29. The van der Waals surface area contributed by atoms with Gasteiger partial charge in [0, 0.05) is 12.0 Å². The number of hydrogen-bond donors (Lipinski definition) is 2. The van der Waals surface area contributed by atoms with Crippen LogP contribution in [-0.4, -0.2) is 41.3 Å². The lowest BCUT2D eigenvalue weighted by Crippen LogP contribution is -2.60. The number of fused-ring (bicyclic) bond motifs is 4. The third-order valence-electron chi connectivity index (χ3n) is 9.88. The Kier molecular flexibility index (Phi) is 3.88. The van der Waals surface area contributed by atoms with Crippen LogP contribution in [0, 0.1) is 28.6 Å². The van der Waals surface area contributed by atoms with E-state index in [4.69, 9.17) is 15.3 Å². The summed E-state index contributed by atoms with van der Waals surface area (Å²) in [6.45, 7) is 8.06. The van der Waals surface area contributed by atoms with Gasteiger partial charge in [0.2, 0.25) is 0 Å². The average Bonchev–Trinajstić information content (AvgIpc) is 3.17. The van der Waals surface area contributed by atoms with E-state index in [1.54, 1.807) is 0 Å². The van der Waals surface area contributed by atoms with E-state index < -0.39 is 0 Å². The van der Waals surface area contributed by atoms with Gasteiger partial charge in [-0.05, 0) is 81.5 Å². The molecule has 0 aromatic rings. The molecule has 0 amide bonds. The Bertz CT molecular complexity index is 668. The SMILES string of the molecule is C[C@]12CC[C@H]3[C@@H](CC[C@@]45O[C@]4(C)/C(=N/OCCN)CC[C@]35C)[C@@H]1CC[C@@H]2O. The monoisotopic (exact) mass is 376 g/mol. The Hall–Kier alpha value is -0.650. The molecule has 1 spiro atoms. The molecule has 0 aromatic carbocycles. The summed E-state index contributed by atoms with van der Waals surface area (Å²) in [6, 6.07) is 0. The van der Waals surface area contributed by atoms with Gasteiger partial charge in [-0.15, -0.1) is 0 Å². The lowest BCUT2D eigenvalue weighted by atomic mass is 9.43. The number of epoxide rings is 1. The normalized spacial score (nSPS) is 57.4. The number of nitrogens with zero attached hydrogens (tertiary/aromatic N) is 1. The van der Waals surface area contributed by atoms with E-state index in [0.717, 1.165) is 37.3 Å². The molecule has 152 valence electrons. The predicted molar refractivity (Wildman–Crippen MR) is 104 cm³/mol. The second-order valence-corrected chi connectivity index (χ2v) is 10.6. The van der Waals surface area contributed by atoms with Gasteiger partial charge in [0.25, 0.3) is 0 Å². The maximum Gasteiger partial charge on any atom is 0.137 e. The molecule has 5 nitrogen and oxygen atoms in total. The van der Waals surface area contributed by atoms with Crippen molar-refractivity contribution in [2.75, 3.05) is 13.2 Å². The summed E-state index contributed by atoms with van der Waals surface area (Å²) >= 11 is 0. The van der Waals surface area contributed by atoms with Crippen LogP contribution < -0.4 is 5.73 Å². The van der Waals surface area contributed by atoms with Crippen LogP contribution >= 0.6 is 0 Å². The number of aliphatic hydroxyl groups excluding tert-OH is 1. The standard InChI is InChI=1S/C22H36N2O3/c1-19-9-7-16-14(15(19)4-5-18(19)25)6-11-22-20(16,2)10-8-17(21(22,3)27-22)24-26-13-12-23/h14-16,18,25H,4-13,23H2,1-3H3/b24-17+/t14-,15-,16-,18-,19-,20+,21+,22-/m0/s1. The first-order valence-electron chi connectivity index (χ1n) is 11.1. The number of hydrogen-bond acceptors (Lipinski definition) is 5. The summed E-state index contributed by atoms with van der Waals surface area (Å²) in [5.74, 6) is 2.15. The van der Waals surface area contributed by atoms with E-state index in [2.05, 4.69) is 25.9 Å². The molecule has 8 atom stereocenters. The van der Waals surface area contributed by atoms with Crippen molar-refractivity contribution in [1.82, 2.24) is 0 Å². The van der Waals surface area contributed by atoms with Crippen molar-refractivity contribution in [2.24, 2.45) is 39.5 Å². The van der Waals surface area contributed by atoms with E-state index in [1.807, 2.05) is 0 Å². The van der Waals surface area contributed by atoms with Gasteiger partial charge >= 0.3 is 0 Å². The molecule has 3 N–H and O–H groups in total. The second kappa shape index (κ2) is 5.70. The Morgan fingerprint density at radius 3 is 2.70 bits per heavy atom. The summed E-state index contributed by atoms with van der Waals surface area (Å²) in [4.78, 5) is 5.44. The molecule has 5 fully saturated rings. The van der Waals surface area contributed by atoms with Gasteiger partial charge in [0.1, 0.15) is 17.8 Å². The molecule has 5 heteroatoms. The van der Waals surface area contributed by atoms with E-state index in [0.29, 0.717) is 25.0 Å². The topological polar surface area (TPSA) is 80.4 Å². The first-order valence-corrected chi connectivity index (χ1v) is 11.1. The summed E-state index contributed by atoms with van der Waals surface area (Å²) in [6.07, 6.45) is 8.98. The predicted octanol–water partition coefficient (Wildman–Crippen LogP) is 3.24. The molecule has 4 aliphatic carbocycles. The molecule has 0 aromatic heterocycles. The van der Waals surface area contributed by atoms with E-state index in [1.165, 1.54) is 25.7 Å². The van der Waals surface area contributed by atoms with Crippen LogP contribution in [-0.2, 0) is 9.57 Å². The van der Waals surface area contributed by atoms with Crippen molar-refractivity contribution < 1.29 is 14.7 Å². The van der Waals surface area contributed by atoms with Gasteiger partial charge < -0.3 is 20.4 Å². The zero-order valence-corrected chi connectivity index (χ0v) is 17.2. The van der Waals surface area contributed by atoms with Gasteiger partial charge in [0.05, 0.1) is 11.8 Å². The highest BCUT2D eigenvalue weighted by Gasteiger charge is 2.82. The maximum absolute atomic E-state index is 10.6. The first-order chi connectivity index (χ1) is 12.8. The smallest absolute Gasteiger partial charge is 0.137 e. The zero-order chi connectivity index (χ0) is 19.1. The molecule has 4 saturated carbocycles. The Labute approximate surface area is 163 Å². The molecule has 5 aliphatic rings. The maximum atomic E-state index is 10.6. The number of nitrogens with two attached hydrogens (primary N) is 1. The van der Waals surface area contributed by atoms with Gasteiger partial charge in [-0.2, -0.15) is 0 Å². The summed E-state index contributed by atoms with van der Waals surface area (Å²) in [7, 11) is 0. The van der Waals surface area contributed by atoms with Crippen LogP contribution in [0.4, 0.5) is 0 Å². The molecule has 1 aliphatic heterocycles. The number of ether oxygens (including phenoxy) is 1. The van der Waals surface area contributed by atoms with Crippen molar-refractivity contribution in [3.63, 3.8) is 0 Å². The average molecular weight is 377 g/mol. The second-order valence-electron chi connectivity index (χ2n) is 10.6. The third-order valence-corrected chi connectivity index (χ3v) is 9.88. The molecule has 0 radical (unpaired) electrons. The number of oxime groups is 1. The number of aliphatic hydroxyl groups is 1. The van der Waals surface area contributed by atoms with Crippen molar-refractivity contribution >= 4 is 5.71 Å². The molecule has 27 heavy (non-hydrogen) atoms. The molecule has 5 rings (SSSR count). The van der Waals surface area contributed by atoms with E-state index >= 15 is 0 Å². The van der Waals surface area contributed by atoms with Gasteiger partial charge in [0.15, 0.2) is 0 Å². The van der Waals surface area contributed by atoms with Crippen LogP contribution in [0.1, 0.15) is 72.1 Å². The Morgan fingerprint density at radius 1 is 1.11 bits per heavy atom. The zero-order valence-electron chi connectivity index (χ0n) is 17.2. The van der Waals surface area contributed by atoms with Crippen molar-refractivity contribution in [2.45, 2.75) is 89.4 Å². The first kappa shape index (κ1) is 18.4. The van der Waals surface area contributed by atoms with Crippen LogP contribution in [0.3, 0.4) is 0 Å². The Morgan fingerprint density at radius 2 is 1.93 bits per heavy atom. The fourth-order valence-electron chi connectivity index (χ4n) is 8.29. The highest BCUT2D eigenvalue weighted by atomic mass is 16.7. The minimum atomic E-state index is -0.254. The highest BCUT2D eigenvalue weighted by Crippen LogP contribution is 2.75. The molecule has 1 heterocycles. The Balaban J connectivity index is 1.44. The quantitative estimate of drug-likeness (QED) is 0.450. The fraction of sp³-hybridized carbons (Fsp3) is 0.955.